The Hall–Kier alpha value is -1.72. The summed E-state index contributed by atoms with van der Waals surface area (Å²) in [6, 6.07) is 7.74. The average Bonchev–Trinajstić information content (AvgIpc) is 2.84. The predicted molar refractivity (Wildman–Crippen MR) is 66.5 cm³/mol. The Morgan fingerprint density at radius 1 is 1.33 bits per heavy atom. The molecule has 1 atom stereocenters. The first-order chi connectivity index (χ1) is 8.72. The molecule has 0 radical (unpaired) electrons. The van der Waals surface area contributed by atoms with Crippen molar-refractivity contribution in [3.63, 3.8) is 0 Å². The number of nitrogens with zero attached hydrogens (tertiary/aromatic N) is 2. The predicted octanol–water partition coefficient (Wildman–Crippen LogP) is 1.72. The number of nitrogens with two attached hydrogens (primary N) is 1. The van der Waals surface area contributed by atoms with Crippen molar-refractivity contribution in [1.29, 1.82) is 0 Å². The molecule has 0 aliphatic rings. The average molecular weight is 249 g/mol. The zero-order valence-electron chi connectivity index (χ0n) is 10.2. The molecule has 0 bridgehead atoms. The monoisotopic (exact) mass is 249 g/mol. The Labute approximate surface area is 105 Å². The van der Waals surface area contributed by atoms with E-state index in [0.717, 1.165) is 11.3 Å². The first-order valence-corrected chi connectivity index (χ1v) is 5.74. The molecule has 0 spiro atoms. The van der Waals surface area contributed by atoms with E-state index in [1.807, 2.05) is 6.07 Å². The Balaban J connectivity index is 2.20. The van der Waals surface area contributed by atoms with Gasteiger partial charge in [0.05, 0.1) is 24.9 Å². The number of hydrogen-bond donors (Lipinski definition) is 1. The van der Waals surface area contributed by atoms with Crippen molar-refractivity contribution < 1.29 is 9.13 Å². The highest BCUT2D eigenvalue weighted by atomic mass is 19.1. The maximum Gasteiger partial charge on any atom is 0.123 e. The van der Waals surface area contributed by atoms with E-state index in [1.54, 1.807) is 30.1 Å². The van der Waals surface area contributed by atoms with Gasteiger partial charge in [-0.2, -0.15) is 5.10 Å². The molecular weight excluding hydrogens is 233 g/mol. The van der Waals surface area contributed by atoms with Crippen molar-refractivity contribution in [3.8, 4) is 0 Å². The molecule has 96 valence electrons. The first kappa shape index (κ1) is 12.7. The molecule has 0 saturated carbocycles. The van der Waals surface area contributed by atoms with Crippen LogP contribution < -0.4 is 5.73 Å². The van der Waals surface area contributed by atoms with Crippen LogP contribution >= 0.6 is 0 Å². The zero-order chi connectivity index (χ0) is 13.0. The normalized spacial score (nSPS) is 12.6. The van der Waals surface area contributed by atoms with Crippen molar-refractivity contribution in [2.75, 3.05) is 13.7 Å². The minimum atomic E-state index is -0.315. The standard InChI is InChI=1S/C13H16FN3O/c1-18-9-8-17-12(6-7-16-17)13(15)10-2-4-11(14)5-3-10/h2-7,13H,8-9,15H2,1H3. The van der Waals surface area contributed by atoms with Crippen LogP contribution in [0.4, 0.5) is 4.39 Å². The molecule has 2 aromatic rings. The fourth-order valence-corrected chi connectivity index (χ4v) is 1.81. The minimum absolute atomic E-state index is 0.265. The quantitative estimate of drug-likeness (QED) is 0.877. The van der Waals surface area contributed by atoms with Gasteiger partial charge in [0.25, 0.3) is 0 Å². The van der Waals surface area contributed by atoms with Crippen LogP contribution in [0.5, 0.6) is 0 Å². The summed E-state index contributed by atoms with van der Waals surface area (Å²) in [5, 5.41) is 4.20. The Morgan fingerprint density at radius 2 is 2.06 bits per heavy atom. The number of rotatable bonds is 5. The molecule has 2 N–H and O–H groups in total. The molecule has 1 unspecified atom stereocenters. The summed E-state index contributed by atoms with van der Waals surface area (Å²) in [5.74, 6) is -0.265. The highest BCUT2D eigenvalue weighted by molar-refractivity contribution is 5.27. The van der Waals surface area contributed by atoms with Gasteiger partial charge >= 0.3 is 0 Å². The third-order valence-electron chi connectivity index (χ3n) is 2.80. The van der Waals surface area contributed by atoms with Crippen molar-refractivity contribution >= 4 is 0 Å². The molecule has 0 amide bonds. The second-order valence-corrected chi connectivity index (χ2v) is 4.00. The molecule has 1 aromatic heterocycles. The van der Waals surface area contributed by atoms with Crippen LogP contribution in [0.2, 0.25) is 0 Å². The van der Waals surface area contributed by atoms with Gasteiger partial charge in [0.2, 0.25) is 0 Å². The van der Waals surface area contributed by atoms with E-state index in [4.69, 9.17) is 10.5 Å². The summed E-state index contributed by atoms with van der Waals surface area (Å²) in [4.78, 5) is 0. The third kappa shape index (κ3) is 2.75. The maximum absolute atomic E-state index is 12.9. The van der Waals surface area contributed by atoms with E-state index in [0.29, 0.717) is 13.2 Å². The number of hydrogen-bond acceptors (Lipinski definition) is 3. The van der Waals surface area contributed by atoms with Gasteiger partial charge < -0.3 is 10.5 Å². The summed E-state index contributed by atoms with van der Waals surface area (Å²) in [5.41, 5.74) is 7.90. The lowest BCUT2D eigenvalue weighted by molar-refractivity contribution is 0.182. The third-order valence-corrected chi connectivity index (χ3v) is 2.80. The highest BCUT2D eigenvalue weighted by Crippen LogP contribution is 2.19. The van der Waals surface area contributed by atoms with E-state index < -0.39 is 0 Å². The van der Waals surface area contributed by atoms with Gasteiger partial charge in [0.1, 0.15) is 5.82 Å². The largest absolute Gasteiger partial charge is 0.383 e. The molecule has 0 aliphatic carbocycles. The van der Waals surface area contributed by atoms with Gasteiger partial charge in [-0.05, 0) is 23.8 Å². The van der Waals surface area contributed by atoms with Crippen LogP contribution in [0.1, 0.15) is 17.3 Å². The zero-order valence-corrected chi connectivity index (χ0v) is 10.2. The van der Waals surface area contributed by atoms with Gasteiger partial charge in [0.15, 0.2) is 0 Å². The molecular formula is C13H16FN3O. The van der Waals surface area contributed by atoms with Crippen LogP contribution in [-0.4, -0.2) is 23.5 Å². The van der Waals surface area contributed by atoms with Crippen LogP contribution in [0.3, 0.4) is 0 Å². The Morgan fingerprint density at radius 3 is 2.72 bits per heavy atom. The molecule has 1 heterocycles. The Bertz CT molecular complexity index is 495. The van der Waals surface area contributed by atoms with Crippen LogP contribution in [0.15, 0.2) is 36.5 Å². The lowest BCUT2D eigenvalue weighted by atomic mass is 10.0. The first-order valence-electron chi connectivity index (χ1n) is 5.74. The van der Waals surface area contributed by atoms with Gasteiger partial charge in [0, 0.05) is 13.3 Å². The molecule has 2 rings (SSSR count). The topological polar surface area (TPSA) is 53.1 Å². The van der Waals surface area contributed by atoms with E-state index in [2.05, 4.69) is 5.10 Å². The fourth-order valence-electron chi connectivity index (χ4n) is 1.81. The van der Waals surface area contributed by atoms with E-state index in [1.165, 1.54) is 12.1 Å². The second-order valence-electron chi connectivity index (χ2n) is 4.00. The molecule has 4 nitrogen and oxygen atoms in total. The fraction of sp³-hybridized carbons (Fsp3) is 0.308. The van der Waals surface area contributed by atoms with Crippen LogP contribution in [-0.2, 0) is 11.3 Å². The Kier molecular flexibility index (Phi) is 4.07. The van der Waals surface area contributed by atoms with Crippen LogP contribution in [0.25, 0.3) is 0 Å². The summed E-state index contributed by atoms with van der Waals surface area (Å²) >= 11 is 0. The smallest absolute Gasteiger partial charge is 0.123 e. The summed E-state index contributed by atoms with van der Waals surface area (Å²) in [6.45, 7) is 1.22. The van der Waals surface area contributed by atoms with Crippen molar-refractivity contribution in [3.05, 3.63) is 53.6 Å². The van der Waals surface area contributed by atoms with Gasteiger partial charge in [-0.3, -0.25) is 4.68 Å². The van der Waals surface area contributed by atoms with Crippen molar-refractivity contribution in [2.45, 2.75) is 12.6 Å². The van der Waals surface area contributed by atoms with Crippen molar-refractivity contribution in [1.82, 2.24) is 9.78 Å². The summed E-state index contributed by atoms with van der Waals surface area (Å²) in [6.07, 6.45) is 1.70. The molecule has 0 fully saturated rings. The van der Waals surface area contributed by atoms with Gasteiger partial charge in [-0.1, -0.05) is 12.1 Å². The number of methoxy groups -OCH3 is 1. The highest BCUT2D eigenvalue weighted by Gasteiger charge is 2.13. The SMILES string of the molecule is COCCn1nccc1C(N)c1ccc(F)cc1. The molecule has 18 heavy (non-hydrogen) atoms. The molecule has 0 saturated heterocycles. The van der Waals surface area contributed by atoms with Crippen molar-refractivity contribution in [2.24, 2.45) is 5.73 Å². The number of aromatic nitrogens is 2. The summed E-state index contributed by atoms with van der Waals surface area (Å²) in [7, 11) is 1.64. The summed E-state index contributed by atoms with van der Waals surface area (Å²) < 4.78 is 19.7. The number of ether oxygens (including phenoxy) is 1. The molecule has 5 heteroatoms. The second kappa shape index (κ2) is 5.75. The van der Waals surface area contributed by atoms with E-state index in [-0.39, 0.29) is 11.9 Å². The molecule has 0 aliphatic heterocycles. The number of halogens is 1. The maximum atomic E-state index is 12.9. The van der Waals surface area contributed by atoms with Crippen LogP contribution in [0, 0.1) is 5.82 Å². The number of benzene rings is 1. The lowest BCUT2D eigenvalue weighted by Crippen LogP contribution is -2.19. The van der Waals surface area contributed by atoms with Gasteiger partial charge in [-0.15, -0.1) is 0 Å². The van der Waals surface area contributed by atoms with E-state index >= 15 is 0 Å². The van der Waals surface area contributed by atoms with Gasteiger partial charge in [-0.25, -0.2) is 4.39 Å². The van der Waals surface area contributed by atoms with E-state index in [9.17, 15) is 4.39 Å². The lowest BCUT2D eigenvalue weighted by Gasteiger charge is -2.14. The minimum Gasteiger partial charge on any atom is -0.383 e. The molecule has 1 aromatic carbocycles.